The molecule has 0 aliphatic carbocycles. The van der Waals surface area contributed by atoms with Gasteiger partial charge in [-0.3, -0.25) is 9.36 Å². The average Bonchev–Trinajstić information content (AvgIpc) is 2.56. The van der Waals surface area contributed by atoms with Gasteiger partial charge in [0.2, 0.25) is 6.41 Å². The van der Waals surface area contributed by atoms with E-state index in [1.54, 1.807) is 0 Å². The van der Waals surface area contributed by atoms with Gasteiger partial charge in [-0.1, -0.05) is 23.2 Å². The molecule has 6 heteroatoms. The first-order valence-electron chi connectivity index (χ1n) is 4.21. The van der Waals surface area contributed by atoms with Gasteiger partial charge >= 0.3 is 0 Å². The molecule has 16 heavy (non-hydrogen) atoms. The highest BCUT2D eigenvalue weighted by molar-refractivity contribution is 6.38. The molecular weight excluding hydrogens is 253 g/mol. The number of halogens is 2. The largest absolute Gasteiger partial charge is 0.543 e. The predicted octanol–water partition coefficient (Wildman–Crippen LogP) is 1.35. The molecule has 82 valence electrons. The van der Waals surface area contributed by atoms with Crippen molar-refractivity contribution in [3.05, 3.63) is 33.9 Å². The molecule has 0 bridgehead atoms. The summed E-state index contributed by atoms with van der Waals surface area (Å²) in [6.45, 7) is 0. The van der Waals surface area contributed by atoms with E-state index >= 15 is 0 Å². The molecule has 1 aromatic carbocycles. The number of hydrogen-bond donors (Lipinski definition) is 0. The van der Waals surface area contributed by atoms with Crippen molar-refractivity contribution in [2.24, 2.45) is 0 Å². The fraction of sp³-hybridized carbons (Fsp3) is 0. The Labute approximate surface area is 100.0 Å². The lowest BCUT2D eigenvalue weighted by molar-refractivity contribution is -0.255. The normalized spacial score (nSPS) is 10.6. The van der Waals surface area contributed by atoms with Crippen LogP contribution < -0.4 is 5.11 Å². The van der Waals surface area contributed by atoms with Gasteiger partial charge in [0.05, 0.1) is 22.2 Å². The van der Waals surface area contributed by atoms with Crippen molar-refractivity contribution in [2.45, 2.75) is 0 Å². The topological polar surface area (TPSA) is 62.1 Å². The van der Waals surface area contributed by atoms with E-state index in [9.17, 15) is 14.7 Å². The Morgan fingerprint density at radius 3 is 2.56 bits per heavy atom. The summed E-state index contributed by atoms with van der Waals surface area (Å²) in [5.74, 6) is -1.45. The van der Waals surface area contributed by atoms with Gasteiger partial charge in [0.25, 0.3) is 0 Å². The lowest BCUT2D eigenvalue weighted by Gasteiger charge is -2.02. The minimum atomic E-state index is -1.45. The van der Waals surface area contributed by atoms with Crippen LogP contribution in [0.3, 0.4) is 0 Å². The molecule has 1 heterocycles. The van der Waals surface area contributed by atoms with Crippen molar-refractivity contribution in [2.75, 3.05) is 0 Å². The molecule has 2 aromatic rings. The summed E-state index contributed by atoms with van der Waals surface area (Å²) in [5, 5.41) is 11.8. The summed E-state index contributed by atoms with van der Waals surface area (Å²) in [5.41, 5.74) is 0.0841. The predicted molar refractivity (Wildman–Crippen MR) is 58.4 cm³/mol. The Hall–Kier alpha value is -1.52. The third kappa shape index (κ3) is 1.56. The van der Waals surface area contributed by atoms with Gasteiger partial charge in [-0.05, 0) is 18.2 Å². The van der Waals surface area contributed by atoms with Crippen LogP contribution >= 0.6 is 23.2 Å². The molecule has 0 spiro atoms. The van der Waals surface area contributed by atoms with Crippen molar-refractivity contribution in [3.63, 3.8) is 0 Å². The third-order valence-electron chi connectivity index (χ3n) is 2.19. The maximum absolute atomic E-state index is 10.8. The first-order chi connectivity index (χ1) is 7.54. The van der Waals surface area contributed by atoms with Crippen LogP contribution in [0, 0.1) is 0 Å². The zero-order chi connectivity index (χ0) is 11.9. The smallest absolute Gasteiger partial charge is 0.218 e. The molecule has 0 aliphatic rings. The number of rotatable bonds is 2. The second kappa shape index (κ2) is 3.81. The van der Waals surface area contributed by atoms with Gasteiger partial charge in [0.15, 0.2) is 0 Å². The minimum Gasteiger partial charge on any atom is -0.543 e. The van der Waals surface area contributed by atoms with E-state index in [-0.39, 0.29) is 10.7 Å². The van der Waals surface area contributed by atoms with E-state index in [1.165, 1.54) is 18.2 Å². The van der Waals surface area contributed by atoms with Crippen LogP contribution in [0.2, 0.25) is 10.0 Å². The van der Waals surface area contributed by atoms with E-state index in [2.05, 4.69) is 0 Å². The summed E-state index contributed by atoms with van der Waals surface area (Å²) in [7, 11) is 0. The van der Waals surface area contributed by atoms with Crippen LogP contribution in [0.15, 0.2) is 18.2 Å². The van der Waals surface area contributed by atoms with Crippen molar-refractivity contribution in [1.82, 2.24) is 4.57 Å². The summed E-state index contributed by atoms with van der Waals surface area (Å²) >= 11 is 11.6. The summed E-state index contributed by atoms with van der Waals surface area (Å²) in [6.07, 6.45) is 0.375. The maximum Gasteiger partial charge on any atom is 0.218 e. The number of aromatic carboxylic acids is 1. The molecule has 0 fully saturated rings. The second-order valence-corrected chi connectivity index (χ2v) is 3.96. The second-order valence-electron chi connectivity index (χ2n) is 3.11. The van der Waals surface area contributed by atoms with Crippen LogP contribution in [0.5, 0.6) is 0 Å². The van der Waals surface area contributed by atoms with Gasteiger partial charge in [-0.2, -0.15) is 0 Å². The Kier molecular flexibility index (Phi) is 2.61. The number of nitrogens with zero attached hydrogens (tertiary/aromatic N) is 1. The average molecular weight is 257 g/mol. The summed E-state index contributed by atoms with van der Waals surface area (Å²) in [4.78, 5) is 21.6. The molecule has 0 atom stereocenters. The van der Waals surface area contributed by atoms with Crippen molar-refractivity contribution in [1.29, 1.82) is 0 Å². The van der Waals surface area contributed by atoms with Crippen LogP contribution in [0.25, 0.3) is 10.9 Å². The van der Waals surface area contributed by atoms with E-state index in [0.29, 0.717) is 22.3 Å². The molecular formula is C10H4Cl2NO3-. The number of fused-ring (bicyclic) bond motifs is 1. The van der Waals surface area contributed by atoms with E-state index in [1.807, 2.05) is 0 Å². The number of carbonyl (C=O) groups is 2. The van der Waals surface area contributed by atoms with Crippen molar-refractivity contribution in [3.8, 4) is 0 Å². The molecule has 0 saturated heterocycles. The lowest BCUT2D eigenvalue weighted by Crippen LogP contribution is -2.25. The standard InChI is InChI=1S/C10H5Cl2NO3/c11-5-1-7(12)6-3-9(10(15)16)13(4-14)8(6)2-5/h1-4H,(H,15,16)/p-1. The lowest BCUT2D eigenvalue weighted by atomic mass is 10.2. The summed E-state index contributed by atoms with van der Waals surface area (Å²) < 4.78 is 0.933. The van der Waals surface area contributed by atoms with Gasteiger partial charge < -0.3 is 9.90 Å². The van der Waals surface area contributed by atoms with E-state index in [4.69, 9.17) is 23.2 Å². The van der Waals surface area contributed by atoms with Crippen molar-refractivity contribution >= 4 is 46.5 Å². The number of carboxylic acids is 1. The number of aromatic nitrogens is 1. The zero-order valence-electron chi connectivity index (χ0n) is 7.74. The third-order valence-corrected chi connectivity index (χ3v) is 2.72. The van der Waals surface area contributed by atoms with Gasteiger partial charge in [-0.25, -0.2) is 0 Å². The quantitative estimate of drug-likeness (QED) is 0.763. The van der Waals surface area contributed by atoms with Gasteiger partial charge in [0, 0.05) is 10.4 Å². The highest BCUT2D eigenvalue weighted by Gasteiger charge is 2.12. The number of benzene rings is 1. The van der Waals surface area contributed by atoms with Crippen LogP contribution in [-0.2, 0) is 4.79 Å². The molecule has 0 aliphatic heterocycles. The minimum absolute atomic E-state index is 0.255. The van der Waals surface area contributed by atoms with Crippen LogP contribution in [0.4, 0.5) is 0 Å². The SMILES string of the molecule is O=Cn1c(C(=O)[O-])cc2c(Cl)cc(Cl)cc21. The highest BCUT2D eigenvalue weighted by Crippen LogP contribution is 2.29. The maximum atomic E-state index is 10.8. The zero-order valence-corrected chi connectivity index (χ0v) is 9.25. The Balaban J connectivity index is 2.92. The monoisotopic (exact) mass is 256 g/mol. The molecule has 0 unspecified atom stereocenters. The number of carbonyl (C=O) groups excluding carboxylic acids is 2. The van der Waals surface area contributed by atoms with Crippen LogP contribution in [0.1, 0.15) is 10.5 Å². The molecule has 0 saturated carbocycles. The fourth-order valence-electron chi connectivity index (χ4n) is 1.52. The van der Waals surface area contributed by atoms with Gasteiger partial charge in [-0.15, -0.1) is 0 Å². The Morgan fingerprint density at radius 1 is 1.31 bits per heavy atom. The Morgan fingerprint density at radius 2 is 2.00 bits per heavy atom. The molecule has 4 nitrogen and oxygen atoms in total. The van der Waals surface area contributed by atoms with E-state index < -0.39 is 5.97 Å². The number of carboxylic acid groups (broad SMARTS) is 1. The van der Waals surface area contributed by atoms with Crippen molar-refractivity contribution < 1.29 is 14.7 Å². The molecule has 0 N–H and O–H groups in total. The molecule has 1 aromatic heterocycles. The highest BCUT2D eigenvalue weighted by atomic mass is 35.5. The van der Waals surface area contributed by atoms with Crippen LogP contribution in [-0.4, -0.2) is 16.9 Å². The first-order valence-corrected chi connectivity index (χ1v) is 4.97. The number of hydrogen-bond acceptors (Lipinski definition) is 3. The summed E-state index contributed by atoms with van der Waals surface area (Å²) in [6, 6.07) is 4.21. The first kappa shape index (κ1) is 11.0. The van der Waals surface area contributed by atoms with E-state index in [0.717, 1.165) is 4.57 Å². The fourth-order valence-corrected chi connectivity index (χ4v) is 2.06. The Bertz CT molecular complexity index is 604. The molecule has 0 radical (unpaired) electrons. The molecule has 2 rings (SSSR count). The van der Waals surface area contributed by atoms with Gasteiger partial charge in [0.1, 0.15) is 0 Å². The molecule has 0 amide bonds.